The molecule has 0 radical (unpaired) electrons. The van der Waals surface area contributed by atoms with E-state index in [4.69, 9.17) is 30.9 Å². The summed E-state index contributed by atoms with van der Waals surface area (Å²) < 4.78 is 27.7. The fourth-order valence-electron chi connectivity index (χ4n) is 8.40. The second-order valence-electron chi connectivity index (χ2n) is 14.7. The van der Waals surface area contributed by atoms with Crippen molar-refractivity contribution in [2.24, 2.45) is 4.99 Å². The van der Waals surface area contributed by atoms with Gasteiger partial charge in [0.25, 0.3) is 0 Å². The Morgan fingerprint density at radius 2 is 1.94 bits per heavy atom. The minimum absolute atomic E-state index is 0.0165. The highest BCUT2D eigenvalue weighted by molar-refractivity contribution is 6.51. The lowest BCUT2D eigenvalue weighted by atomic mass is 9.79. The molecule has 1 unspecified atom stereocenters. The van der Waals surface area contributed by atoms with Crippen LogP contribution in [0.1, 0.15) is 82.7 Å². The molecule has 10 heteroatoms. The lowest BCUT2D eigenvalue weighted by molar-refractivity contribution is -0.0123. The van der Waals surface area contributed by atoms with Gasteiger partial charge in [0.05, 0.1) is 47.8 Å². The highest BCUT2D eigenvalue weighted by atomic mass is 19.1. The average Bonchev–Trinajstić information content (AvgIpc) is 3.60. The zero-order chi connectivity index (χ0) is 35.4. The van der Waals surface area contributed by atoms with Crippen LogP contribution in [0.2, 0.25) is 0 Å². The maximum absolute atomic E-state index is 15.3. The molecule has 3 aliphatic heterocycles. The van der Waals surface area contributed by atoms with Crippen molar-refractivity contribution >= 4 is 39.0 Å². The number of fused-ring (bicyclic) bond motifs is 3. The van der Waals surface area contributed by atoms with Gasteiger partial charge in [-0.25, -0.2) is 4.39 Å². The number of phenols is 1. The number of ether oxygens (including phenoxy) is 2. The summed E-state index contributed by atoms with van der Waals surface area (Å²) in [5.41, 5.74) is 3.86. The van der Waals surface area contributed by atoms with E-state index in [1.807, 2.05) is 33.8 Å². The van der Waals surface area contributed by atoms with Gasteiger partial charge in [0.1, 0.15) is 29.6 Å². The van der Waals surface area contributed by atoms with Crippen molar-refractivity contribution in [1.82, 2.24) is 14.9 Å². The smallest absolute Gasteiger partial charge is 0.319 e. The first kappa shape index (κ1) is 34.2. The predicted octanol–water partition coefficient (Wildman–Crippen LogP) is 6.25. The summed E-state index contributed by atoms with van der Waals surface area (Å²) in [4.78, 5) is 20.0. The summed E-state index contributed by atoms with van der Waals surface area (Å²) in [5.74, 6) is 2.70. The minimum atomic E-state index is -1.12. The number of aromatic hydroxyl groups is 1. The van der Waals surface area contributed by atoms with Crippen LogP contribution in [-0.2, 0) is 4.74 Å². The van der Waals surface area contributed by atoms with Crippen LogP contribution in [0, 0.1) is 18.2 Å². The van der Waals surface area contributed by atoms with Crippen molar-refractivity contribution in [1.29, 1.82) is 0 Å². The van der Waals surface area contributed by atoms with Gasteiger partial charge in [0, 0.05) is 29.1 Å². The fraction of sp³-hybridized carbons (Fsp3) is 0.475. The molecule has 0 spiro atoms. The Bertz CT molecular complexity index is 1980. The van der Waals surface area contributed by atoms with E-state index in [1.54, 1.807) is 25.1 Å². The first-order valence-electron chi connectivity index (χ1n) is 17.7. The maximum atomic E-state index is 15.3. The van der Waals surface area contributed by atoms with Crippen LogP contribution >= 0.6 is 0 Å². The van der Waals surface area contributed by atoms with Gasteiger partial charge in [-0.15, -0.1) is 6.42 Å². The lowest BCUT2D eigenvalue weighted by Crippen LogP contribution is -2.44. The van der Waals surface area contributed by atoms with Crippen LogP contribution < -0.4 is 9.64 Å². The number of aliphatic hydroxyl groups is 1. The van der Waals surface area contributed by atoms with E-state index < -0.39 is 11.4 Å². The van der Waals surface area contributed by atoms with Crippen LogP contribution in [-0.4, -0.2) is 94.0 Å². The van der Waals surface area contributed by atoms with Crippen LogP contribution in [0.4, 0.5) is 10.2 Å². The summed E-state index contributed by atoms with van der Waals surface area (Å²) >= 11 is 0. The molecule has 4 heterocycles. The second-order valence-corrected chi connectivity index (χ2v) is 14.7. The van der Waals surface area contributed by atoms with Gasteiger partial charge < -0.3 is 24.6 Å². The number of hydrogen-bond donors (Lipinski definition) is 2. The van der Waals surface area contributed by atoms with Crippen molar-refractivity contribution < 1.29 is 24.1 Å². The number of nitrogens with zero attached hydrogens (tertiary/aromatic N) is 5. The number of allylic oxidation sites excluding steroid dienone is 4. The molecule has 4 aliphatic rings. The molecule has 0 bridgehead atoms. The van der Waals surface area contributed by atoms with Crippen molar-refractivity contribution in [2.45, 2.75) is 77.5 Å². The summed E-state index contributed by atoms with van der Waals surface area (Å²) in [6, 6.07) is 6.33. The predicted molar refractivity (Wildman–Crippen MR) is 196 cm³/mol. The molecule has 1 aliphatic carbocycles. The topological polar surface area (TPSA) is 104 Å². The highest BCUT2D eigenvalue weighted by Crippen LogP contribution is 2.47. The zero-order valence-corrected chi connectivity index (χ0v) is 29.6. The molecule has 3 aromatic rings. The Hall–Kier alpha value is -4.30. The van der Waals surface area contributed by atoms with E-state index >= 15 is 4.39 Å². The minimum Gasteiger partial charge on any atom is -0.508 e. The Balaban J connectivity index is 1.50. The van der Waals surface area contributed by atoms with E-state index in [2.05, 4.69) is 15.7 Å². The number of hydrogen-bond acceptors (Lipinski definition) is 9. The van der Waals surface area contributed by atoms with E-state index in [0.717, 1.165) is 55.5 Å². The first-order chi connectivity index (χ1) is 23.9. The van der Waals surface area contributed by atoms with E-state index in [0.29, 0.717) is 65.4 Å². The number of benzene rings is 2. The van der Waals surface area contributed by atoms with Gasteiger partial charge in [0.15, 0.2) is 0 Å². The Morgan fingerprint density at radius 1 is 1.18 bits per heavy atom. The van der Waals surface area contributed by atoms with Gasteiger partial charge in [-0.3, -0.25) is 9.89 Å². The standard InChI is InChI=1S/C40H46FN5O4/c1-7-28-31(41)12-11-26-19-27(47)20-30(33(26)28)32-25(5)35-34(29(8-2)36(32)42-24(3)4)37(45-17-18-49-22-39(6,48)21-45)44-38(43-35)50-23-40-13-9-15-46(40)16-10-14-40/h1,8,11-12,19-20,24,47-48H,9-10,13-18,21-23H2,2-6H3/b29-8-,42-36?. The van der Waals surface area contributed by atoms with E-state index in [9.17, 15) is 10.2 Å². The number of phenolic OH excluding ortho intramolecular Hbond substituents is 1. The van der Waals surface area contributed by atoms with Crippen molar-refractivity contribution in [3.63, 3.8) is 0 Å². The molecule has 1 aromatic heterocycles. The molecule has 262 valence electrons. The summed E-state index contributed by atoms with van der Waals surface area (Å²) in [7, 11) is 0. The maximum Gasteiger partial charge on any atom is 0.319 e. The van der Waals surface area contributed by atoms with Gasteiger partial charge in [-0.2, -0.15) is 9.97 Å². The summed E-state index contributed by atoms with van der Waals surface area (Å²) in [5, 5.41) is 23.4. The van der Waals surface area contributed by atoms with Crippen molar-refractivity contribution in [3.05, 3.63) is 58.5 Å². The number of aromatic nitrogens is 2. The Labute approximate surface area is 293 Å². The van der Waals surface area contributed by atoms with Crippen molar-refractivity contribution in [3.8, 4) is 24.1 Å². The molecule has 2 aromatic carbocycles. The summed E-state index contributed by atoms with van der Waals surface area (Å²) in [6.45, 7) is 13.7. The number of aliphatic imine (C=N–C) groups is 1. The third-order valence-corrected chi connectivity index (χ3v) is 10.5. The SMILES string of the molecule is C#Cc1c(F)ccc2cc(O)cc(C3=C(C)c4nc(OCC56CCCN5CCC6)nc(N5CCOCC(C)(O)C5)c4/C(=C/C)C3=NC(C)C)c12. The van der Waals surface area contributed by atoms with E-state index in [-0.39, 0.29) is 35.5 Å². The molecular weight excluding hydrogens is 633 g/mol. The molecular formula is C40H46FN5O4. The molecule has 1 atom stereocenters. The molecule has 3 saturated heterocycles. The molecule has 2 N–H and O–H groups in total. The zero-order valence-electron chi connectivity index (χ0n) is 29.6. The third-order valence-electron chi connectivity index (χ3n) is 10.5. The normalized spacial score (nSPS) is 23.9. The van der Waals surface area contributed by atoms with Gasteiger partial charge in [-0.1, -0.05) is 18.1 Å². The molecule has 7 rings (SSSR count). The van der Waals surface area contributed by atoms with Gasteiger partial charge in [0.2, 0.25) is 0 Å². The van der Waals surface area contributed by atoms with Crippen LogP contribution in [0.15, 0.2) is 35.3 Å². The quantitative estimate of drug-likeness (QED) is 0.295. The number of rotatable bonds is 6. The summed E-state index contributed by atoms with van der Waals surface area (Å²) in [6.07, 6.45) is 12.4. The number of anilines is 1. The number of halogens is 1. The molecule has 9 nitrogen and oxygen atoms in total. The van der Waals surface area contributed by atoms with Crippen LogP contribution in [0.3, 0.4) is 0 Å². The lowest BCUT2D eigenvalue weighted by Gasteiger charge is -2.34. The number of β-amino-alcohol motifs (C(OH)–C–C–N with tert-alkyl or cyclic N) is 1. The monoisotopic (exact) mass is 679 g/mol. The number of terminal acetylenes is 1. The highest BCUT2D eigenvalue weighted by Gasteiger charge is 2.45. The molecule has 0 amide bonds. The van der Waals surface area contributed by atoms with Gasteiger partial charge in [-0.05, 0) is 108 Å². The molecule has 0 saturated carbocycles. The first-order valence-corrected chi connectivity index (χ1v) is 17.7. The third kappa shape index (κ3) is 5.95. The molecule has 50 heavy (non-hydrogen) atoms. The van der Waals surface area contributed by atoms with E-state index in [1.165, 1.54) is 6.07 Å². The second kappa shape index (κ2) is 13.1. The van der Waals surface area contributed by atoms with Crippen LogP contribution in [0.5, 0.6) is 11.8 Å². The Morgan fingerprint density at radius 3 is 2.64 bits per heavy atom. The largest absolute Gasteiger partial charge is 0.508 e. The fourth-order valence-corrected chi connectivity index (χ4v) is 8.40. The molecule has 3 fully saturated rings. The van der Waals surface area contributed by atoms with Gasteiger partial charge >= 0.3 is 6.01 Å². The van der Waals surface area contributed by atoms with Crippen molar-refractivity contribution in [2.75, 3.05) is 50.9 Å². The van der Waals surface area contributed by atoms with Crippen LogP contribution in [0.25, 0.3) is 27.5 Å². The Kier molecular flexibility index (Phi) is 8.96. The average molecular weight is 680 g/mol.